The Kier molecular flexibility index (Phi) is 5.14. The number of nitrogens with one attached hydrogen (secondary N) is 1. The standard InChI is InChI=1S/C13H24N2O3/c1-8(2)12-13(17)15(10(4)7-18-5)9(3)6-11(16)14-12/h8-10,12H,6-7H2,1-5H3,(H,14,16). The smallest absolute Gasteiger partial charge is 0.245 e. The Hall–Kier alpha value is -1.10. The predicted octanol–water partition coefficient (Wildman–Crippen LogP) is 0.783. The molecule has 3 atom stereocenters. The molecule has 0 spiro atoms. The lowest BCUT2D eigenvalue weighted by Gasteiger charge is -2.34. The molecule has 3 unspecified atom stereocenters. The minimum absolute atomic E-state index is 0.00657. The summed E-state index contributed by atoms with van der Waals surface area (Å²) in [4.78, 5) is 26.1. The second-order valence-electron chi connectivity index (χ2n) is 5.39. The molecular weight excluding hydrogens is 232 g/mol. The van der Waals surface area contributed by atoms with Crippen molar-refractivity contribution in [2.75, 3.05) is 13.7 Å². The molecule has 0 aromatic heterocycles. The molecule has 1 rings (SSSR count). The molecule has 0 radical (unpaired) electrons. The van der Waals surface area contributed by atoms with Crippen molar-refractivity contribution in [3.8, 4) is 0 Å². The normalized spacial score (nSPS) is 27.1. The first-order valence-corrected chi connectivity index (χ1v) is 6.49. The van der Waals surface area contributed by atoms with Crippen molar-refractivity contribution in [3.63, 3.8) is 0 Å². The van der Waals surface area contributed by atoms with Crippen LogP contribution < -0.4 is 5.32 Å². The third-order valence-electron chi connectivity index (χ3n) is 3.34. The van der Waals surface area contributed by atoms with Gasteiger partial charge in [0, 0.05) is 19.6 Å². The molecule has 1 aliphatic heterocycles. The number of methoxy groups -OCH3 is 1. The molecule has 2 amide bonds. The SMILES string of the molecule is COCC(C)N1C(=O)C(C(C)C)NC(=O)CC1C. The molecule has 104 valence electrons. The van der Waals surface area contributed by atoms with Gasteiger partial charge in [0.05, 0.1) is 12.6 Å². The summed E-state index contributed by atoms with van der Waals surface area (Å²) in [5.74, 6) is 0.0264. The van der Waals surface area contributed by atoms with Crippen LogP contribution in [0.1, 0.15) is 34.1 Å². The number of carbonyl (C=O) groups excluding carboxylic acids is 2. The molecule has 5 nitrogen and oxygen atoms in total. The van der Waals surface area contributed by atoms with Crippen molar-refractivity contribution < 1.29 is 14.3 Å². The minimum Gasteiger partial charge on any atom is -0.383 e. The largest absolute Gasteiger partial charge is 0.383 e. The maximum Gasteiger partial charge on any atom is 0.245 e. The average Bonchev–Trinajstić information content (AvgIpc) is 2.35. The average molecular weight is 256 g/mol. The van der Waals surface area contributed by atoms with Crippen LogP contribution in [-0.4, -0.2) is 48.6 Å². The lowest BCUT2D eigenvalue weighted by atomic mass is 10.0. The van der Waals surface area contributed by atoms with Crippen molar-refractivity contribution in [1.29, 1.82) is 0 Å². The molecule has 18 heavy (non-hydrogen) atoms. The highest BCUT2D eigenvalue weighted by Gasteiger charge is 2.37. The molecule has 0 aromatic rings. The lowest BCUT2D eigenvalue weighted by molar-refractivity contribution is -0.139. The van der Waals surface area contributed by atoms with E-state index in [1.807, 2.05) is 27.7 Å². The Morgan fingerprint density at radius 2 is 2.00 bits per heavy atom. The van der Waals surface area contributed by atoms with Gasteiger partial charge < -0.3 is 15.0 Å². The van der Waals surface area contributed by atoms with Crippen molar-refractivity contribution in [2.45, 2.75) is 52.2 Å². The fraction of sp³-hybridized carbons (Fsp3) is 0.846. The molecule has 1 N–H and O–H groups in total. The number of rotatable bonds is 4. The minimum atomic E-state index is -0.429. The van der Waals surface area contributed by atoms with Crippen LogP contribution in [0.15, 0.2) is 0 Å². The summed E-state index contributed by atoms with van der Waals surface area (Å²) in [6.07, 6.45) is 0.350. The van der Waals surface area contributed by atoms with Crippen LogP contribution >= 0.6 is 0 Å². The number of amides is 2. The van der Waals surface area contributed by atoms with E-state index in [0.29, 0.717) is 13.0 Å². The zero-order valence-electron chi connectivity index (χ0n) is 11.9. The molecule has 1 aliphatic rings. The highest BCUT2D eigenvalue weighted by atomic mass is 16.5. The third kappa shape index (κ3) is 3.22. The van der Waals surface area contributed by atoms with E-state index in [1.165, 1.54) is 0 Å². The van der Waals surface area contributed by atoms with Gasteiger partial charge in [-0.1, -0.05) is 13.8 Å². The first-order valence-electron chi connectivity index (χ1n) is 6.49. The summed E-state index contributed by atoms with van der Waals surface area (Å²) in [5.41, 5.74) is 0. The van der Waals surface area contributed by atoms with Gasteiger partial charge in [0.25, 0.3) is 0 Å². The van der Waals surface area contributed by atoms with Crippen LogP contribution in [0, 0.1) is 5.92 Å². The van der Waals surface area contributed by atoms with Gasteiger partial charge in [0.1, 0.15) is 6.04 Å². The Bertz CT molecular complexity index is 317. The monoisotopic (exact) mass is 256 g/mol. The number of hydrogen-bond acceptors (Lipinski definition) is 3. The van der Waals surface area contributed by atoms with E-state index in [0.717, 1.165) is 0 Å². The Labute approximate surface area is 109 Å². The molecular formula is C13H24N2O3. The van der Waals surface area contributed by atoms with E-state index in [-0.39, 0.29) is 29.8 Å². The van der Waals surface area contributed by atoms with E-state index >= 15 is 0 Å². The maximum absolute atomic E-state index is 12.5. The van der Waals surface area contributed by atoms with E-state index in [4.69, 9.17) is 4.74 Å². The van der Waals surface area contributed by atoms with Crippen molar-refractivity contribution >= 4 is 11.8 Å². The maximum atomic E-state index is 12.5. The second-order valence-corrected chi connectivity index (χ2v) is 5.39. The van der Waals surface area contributed by atoms with Crippen molar-refractivity contribution in [2.24, 2.45) is 5.92 Å². The number of ether oxygens (including phenoxy) is 1. The number of nitrogens with zero attached hydrogens (tertiary/aromatic N) is 1. The topological polar surface area (TPSA) is 58.6 Å². The van der Waals surface area contributed by atoms with Gasteiger partial charge in [0.2, 0.25) is 11.8 Å². The quantitative estimate of drug-likeness (QED) is 0.809. The van der Waals surface area contributed by atoms with Crippen LogP contribution in [0.2, 0.25) is 0 Å². The van der Waals surface area contributed by atoms with Gasteiger partial charge in [-0.05, 0) is 19.8 Å². The number of hydrogen-bond donors (Lipinski definition) is 1. The summed E-state index contributed by atoms with van der Waals surface area (Å²) in [6.45, 7) is 8.22. The van der Waals surface area contributed by atoms with Gasteiger partial charge in [-0.15, -0.1) is 0 Å². The Balaban J connectivity index is 2.97. The molecule has 0 bridgehead atoms. The van der Waals surface area contributed by atoms with Crippen LogP contribution in [-0.2, 0) is 14.3 Å². The molecule has 5 heteroatoms. The second kappa shape index (κ2) is 6.18. The first kappa shape index (κ1) is 15.0. The summed E-state index contributed by atoms with van der Waals surface area (Å²) >= 11 is 0. The van der Waals surface area contributed by atoms with Gasteiger partial charge in [-0.25, -0.2) is 0 Å². The van der Waals surface area contributed by atoms with Gasteiger partial charge in [-0.3, -0.25) is 9.59 Å². The zero-order chi connectivity index (χ0) is 13.9. The van der Waals surface area contributed by atoms with Crippen molar-refractivity contribution in [1.82, 2.24) is 10.2 Å². The predicted molar refractivity (Wildman–Crippen MR) is 69.0 cm³/mol. The Morgan fingerprint density at radius 1 is 1.39 bits per heavy atom. The third-order valence-corrected chi connectivity index (χ3v) is 3.34. The van der Waals surface area contributed by atoms with Gasteiger partial charge in [-0.2, -0.15) is 0 Å². The van der Waals surface area contributed by atoms with Crippen LogP contribution in [0.4, 0.5) is 0 Å². The Morgan fingerprint density at radius 3 is 2.50 bits per heavy atom. The summed E-state index contributed by atoms with van der Waals surface area (Å²) in [6, 6.07) is -0.542. The van der Waals surface area contributed by atoms with E-state index in [1.54, 1.807) is 12.0 Å². The van der Waals surface area contributed by atoms with Gasteiger partial charge >= 0.3 is 0 Å². The van der Waals surface area contributed by atoms with E-state index in [2.05, 4.69) is 5.32 Å². The van der Waals surface area contributed by atoms with Crippen LogP contribution in [0.3, 0.4) is 0 Å². The molecule has 0 saturated carbocycles. The fourth-order valence-electron chi connectivity index (χ4n) is 2.46. The first-order chi connectivity index (χ1) is 8.38. The molecule has 0 aliphatic carbocycles. The van der Waals surface area contributed by atoms with Gasteiger partial charge in [0.15, 0.2) is 0 Å². The molecule has 1 fully saturated rings. The molecule has 1 heterocycles. The molecule has 1 saturated heterocycles. The number of carbonyl (C=O) groups is 2. The van der Waals surface area contributed by atoms with Crippen molar-refractivity contribution in [3.05, 3.63) is 0 Å². The summed E-state index contributed by atoms with van der Waals surface area (Å²) in [5, 5.41) is 2.81. The summed E-state index contributed by atoms with van der Waals surface area (Å²) in [7, 11) is 1.62. The van der Waals surface area contributed by atoms with E-state index < -0.39 is 6.04 Å². The zero-order valence-corrected chi connectivity index (χ0v) is 11.9. The fourth-order valence-corrected chi connectivity index (χ4v) is 2.46. The van der Waals surface area contributed by atoms with Crippen LogP contribution in [0.5, 0.6) is 0 Å². The van der Waals surface area contributed by atoms with Crippen LogP contribution in [0.25, 0.3) is 0 Å². The highest BCUT2D eigenvalue weighted by Crippen LogP contribution is 2.18. The molecule has 0 aromatic carbocycles. The van der Waals surface area contributed by atoms with E-state index in [9.17, 15) is 9.59 Å². The highest BCUT2D eigenvalue weighted by molar-refractivity contribution is 5.90. The summed E-state index contributed by atoms with van der Waals surface area (Å²) < 4.78 is 5.12. The lowest BCUT2D eigenvalue weighted by Crippen LogP contribution is -2.53.